The van der Waals surface area contributed by atoms with Crippen molar-refractivity contribution in [3.05, 3.63) is 40.6 Å². The monoisotopic (exact) mass is 290 g/mol. The minimum Gasteiger partial charge on any atom is -0.333 e. The van der Waals surface area contributed by atoms with Crippen LogP contribution in [0.25, 0.3) is 11.4 Å². The van der Waals surface area contributed by atoms with Gasteiger partial charge in [-0.2, -0.15) is 13.2 Å². The van der Waals surface area contributed by atoms with Crippen molar-refractivity contribution in [2.45, 2.75) is 6.18 Å². The van der Waals surface area contributed by atoms with E-state index in [4.69, 9.17) is 0 Å². The Bertz CT molecular complexity index is 488. The van der Waals surface area contributed by atoms with Crippen molar-refractivity contribution in [2.75, 3.05) is 0 Å². The fourth-order valence-electron chi connectivity index (χ4n) is 1.26. The van der Waals surface area contributed by atoms with Crippen molar-refractivity contribution in [3.63, 3.8) is 0 Å². The van der Waals surface area contributed by atoms with E-state index in [1.54, 1.807) is 6.20 Å². The van der Waals surface area contributed by atoms with E-state index < -0.39 is 11.7 Å². The highest BCUT2D eigenvalue weighted by Crippen LogP contribution is 2.30. The molecule has 1 aromatic heterocycles. The van der Waals surface area contributed by atoms with E-state index in [9.17, 15) is 13.2 Å². The standard InChI is InChI=1S/C10H6BrF3N2/c11-8-5-15-9(16-8)6-1-3-7(4-2-6)10(12,13)14/h1-5H,(H,15,16). The Labute approximate surface area is 97.6 Å². The van der Waals surface area contributed by atoms with Crippen LogP contribution in [0.1, 0.15) is 5.56 Å². The van der Waals surface area contributed by atoms with Crippen molar-refractivity contribution in [3.8, 4) is 11.4 Å². The predicted molar refractivity (Wildman–Crippen MR) is 56.7 cm³/mol. The summed E-state index contributed by atoms with van der Waals surface area (Å²) in [7, 11) is 0. The Morgan fingerprint density at radius 3 is 2.19 bits per heavy atom. The first-order valence-corrected chi connectivity index (χ1v) is 5.14. The molecule has 0 aliphatic heterocycles. The lowest BCUT2D eigenvalue weighted by Gasteiger charge is -2.06. The smallest absolute Gasteiger partial charge is 0.333 e. The summed E-state index contributed by atoms with van der Waals surface area (Å²) in [5.41, 5.74) is -0.0550. The Morgan fingerprint density at radius 2 is 1.75 bits per heavy atom. The van der Waals surface area contributed by atoms with Gasteiger partial charge in [-0.3, -0.25) is 0 Å². The number of nitrogens with one attached hydrogen (secondary N) is 1. The number of rotatable bonds is 1. The van der Waals surface area contributed by atoms with Gasteiger partial charge in [0.25, 0.3) is 0 Å². The van der Waals surface area contributed by atoms with Gasteiger partial charge in [-0.1, -0.05) is 12.1 Å². The fraction of sp³-hybridized carbons (Fsp3) is 0.100. The van der Waals surface area contributed by atoms with Crippen molar-refractivity contribution in [1.29, 1.82) is 0 Å². The molecule has 2 aromatic rings. The number of aromatic amines is 1. The third-order valence-corrected chi connectivity index (χ3v) is 2.43. The molecular weight excluding hydrogens is 285 g/mol. The van der Waals surface area contributed by atoms with Gasteiger partial charge in [0.05, 0.1) is 11.8 Å². The van der Waals surface area contributed by atoms with E-state index in [0.29, 0.717) is 16.0 Å². The van der Waals surface area contributed by atoms with Gasteiger partial charge in [-0.05, 0) is 28.1 Å². The molecule has 0 radical (unpaired) electrons. The van der Waals surface area contributed by atoms with E-state index in [0.717, 1.165) is 12.1 Å². The maximum atomic E-state index is 12.3. The molecule has 0 spiro atoms. The van der Waals surface area contributed by atoms with E-state index in [2.05, 4.69) is 25.9 Å². The number of imidazole rings is 1. The SMILES string of the molecule is FC(F)(F)c1ccc(-c2ncc(Br)[nH]2)cc1. The van der Waals surface area contributed by atoms with E-state index in [-0.39, 0.29) is 0 Å². The van der Waals surface area contributed by atoms with Crippen molar-refractivity contribution < 1.29 is 13.2 Å². The van der Waals surface area contributed by atoms with Gasteiger partial charge < -0.3 is 4.98 Å². The number of alkyl halides is 3. The minimum absolute atomic E-state index is 0.528. The Kier molecular flexibility index (Phi) is 2.75. The third-order valence-electron chi connectivity index (χ3n) is 2.03. The quantitative estimate of drug-likeness (QED) is 0.849. The highest BCUT2D eigenvalue weighted by atomic mass is 79.9. The van der Waals surface area contributed by atoms with Crippen LogP contribution in [-0.4, -0.2) is 9.97 Å². The molecule has 1 heterocycles. The topological polar surface area (TPSA) is 28.7 Å². The summed E-state index contributed by atoms with van der Waals surface area (Å²) in [6.45, 7) is 0. The van der Waals surface area contributed by atoms with Crippen molar-refractivity contribution >= 4 is 15.9 Å². The molecule has 2 nitrogen and oxygen atoms in total. The van der Waals surface area contributed by atoms with Crippen molar-refractivity contribution in [1.82, 2.24) is 9.97 Å². The number of H-pyrrole nitrogens is 1. The molecule has 0 aliphatic carbocycles. The molecule has 84 valence electrons. The average Bonchev–Trinajstić information content (AvgIpc) is 2.64. The first-order chi connectivity index (χ1) is 7.47. The summed E-state index contributed by atoms with van der Waals surface area (Å²) < 4.78 is 37.6. The zero-order chi connectivity index (χ0) is 11.8. The van der Waals surface area contributed by atoms with Crippen LogP contribution in [-0.2, 0) is 6.18 Å². The highest BCUT2D eigenvalue weighted by Gasteiger charge is 2.30. The Morgan fingerprint density at radius 1 is 1.12 bits per heavy atom. The molecule has 6 heteroatoms. The average molecular weight is 291 g/mol. The molecule has 0 fully saturated rings. The van der Waals surface area contributed by atoms with Gasteiger partial charge >= 0.3 is 6.18 Å². The van der Waals surface area contributed by atoms with Gasteiger partial charge in [0.1, 0.15) is 10.4 Å². The number of benzene rings is 1. The van der Waals surface area contributed by atoms with Gasteiger partial charge in [-0.15, -0.1) is 0 Å². The molecule has 0 amide bonds. The number of halogens is 4. The summed E-state index contributed by atoms with van der Waals surface area (Å²) in [5.74, 6) is 0.528. The molecular formula is C10H6BrF3N2. The molecule has 1 N–H and O–H groups in total. The Balaban J connectivity index is 2.33. The van der Waals surface area contributed by atoms with Gasteiger partial charge in [0.15, 0.2) is 0 Å². The molecule has 0 aliphatic rings. The van der Waals surface area contributed by atoms with Crippen molar-refractivity contribution in [2.24, 2.45) is 0 Å². The van der Waals surface area contributed by atoms with Crippen LogP contribution in [0, 0.1) is 0 Å². The normalized spacial score (nSPS) is 11.8. The summed E-state index contributed by atoms with van der Waals surface area (Å²) in [5, 5.41) is 0. The predicted octanol–water partition coefficient (Wildman–Crippen LogP) is 3.86. The van der Waals surface area contributed by atoms with Crippen LogP contribution in [0.5, 0.6) is 0 Å². The molecule has 16 heavy (non-hydrogen) atoms. The molecule has 0 unspecified atom stereocenters. The molecule has 2 rings (SSSR count). The zero-order valence-corrected chi connectivity index (χ0v) is 9.43. The summed E-state index contributed by atoms with van der Waals surface area (Å²) in [6.07, 6.45) is -2.75. The van der Waals surface area contributed by atoms with Gasteiger partial charge in [0.2, 0.25) is 0 Å². The lowest BCUT2D eigenvalue weighted by atomic mass is 10.1. The van der Waals surface area contributed by atoms with E-state index in [1.807, 2.05) is 0 Å². The highest BCUT2D eigenvalue weighted by molar-refractivity contribution is 9.10. The maximum absolute atomic E-state index is 12.3. The molecule has 0 atom stereocenters. The molecule has 0 saturated heterocycles. The first-order valence-electron chi connectivity index (χ1n) is 4.35. The largest absolute Gasteiger partial charge is 0.416 e. The summed E-state index contributed by atoms with van der Waals surface area (Å²) in [4.78, 5) is 6.87. The van der Waals surface area contributed by atoms with E-state index in [1.165, 1.54) is 12.1 Å². The molecule has 1 aromatic carbocycles. The third kappa shape index (κ3) is 2.27. The minimum atomic E-state index is -4.30. The Hall–Kier alpha value is -1.30. The number of aromatic nitrogens is 2. The number of nitrogens with zero attached hydrogens (tertiary/aromatic N) is 1. The molecule has 0 saturated carbocycles. The lowest BCUT2D eigenvalue weighted by molar-refractivity contribution is -0.137. The second kappa shape index (κ2) is 3.93. The lowest BCUT2D eigenvalue weighted by Crippen LogP contribution is -2.04. The van der Waals surface area contributed by atoms with Gasteiger partial charge in [-0.25, -0.2) is 4.98 Å². The van der Waals surface area contributed by atoms with Crippen LogP contribution >= 0.6 is 15.9 Å². The summed E-state index contributed by atoms with van der Waals surface area (Å²) >= 11 is 3.18. The van der Waals surface area contributed by atoms with E-state index >= 15 is 0 Å². The zero-order valence-electron chi connectivity index (χ0n) is 7.85. The second-order valence-corrected chi connectivity index (χ2v) is 4.01. The fourth-order valence-corrected chi connectivity index (χ4v) is 1.55. The van der Waals surface area contributed by atoms with Gasteiger partial charge in [0, 0.05) is 5.56 Å². The summed E-state index contributed by atoms with van der Waals surface area (Å²) in [6, 6.07) is 4.83. The maximum Gasteiger partial charge on any atom is 0.416 e. The first kappa shape index (κ1) is 11.2. The number of hydrogen-bond donors (Lipinski definition) is 1. The van der Waals surface area contributed by atoms with Crippen LogP contribution in [0.3, 0.4) is 0 Å². The number of hydrogen-bond acceptors (Lipinski definition) is 1. The van der Waals surface area contributed by atoms with Crippen LogP contribution in [0.15, 0.2) is 35.1 Å². The van der Waals surface area contributed by atoms with Crippen LogP contribution < -0.4 is 0 Å². The second-order valence-electron chi connectivity index (χ2n) is 3.15. The molecule has 0 bridgehead atoms. The van der Waals surface area contributed by atoms with Crippen LogP contribution in [0.4, 0.5) is 13.2 Å². The van der Waals surface area contributed by atoms with Crippen LogP contribution in [0.2, 0.25) is 0 Å².